The van der Waals surface area contributed by atoms with E-state index in [-0.39, 0.29) is 12.1 Å². The molecule has 0 bridgehead atoms. The summed E-state index contributed by atoms with van der Waals surface area (Å²) in [7, 11) is 1.68. The number of methoxy groups -OCH3 is 1. The molecule has 0 saturated carbocycles. The van der Waals surface area contributed by atoms with E-state index in [1.807, 2.05) is 42.5 Å². The lowest BCUT2D eigenvalue weighted by atomic mass is 10.0. The van der Waals surface area contributed by atoms with E-state index >= 15 is 0 Å². The van der Waals surface area contributed by atoms with Crippen LogP contribution in [0.2, 0.25) is 0 Å². The Morgan fingerprint density at radius 1 is 1.25 bits per heavy atom. The number of nitrogens with zero attached hydrogens (tertiary/aromatic N) is 2. The highest BCUT2D eigenvalue weighted by Gasteiger charge is 2.32. The predicted octanol–water partition coefficient (Wildman–Crippen LogP) is 2.88. The lowest BCUT2D eigenvalue weighted by Gasteiger charge is -2.23. The number of β-amino-alcohol motifs (C(OH)–C–C–N with tert-alkyl or cyclic N) is 1. The van der Waals surface area contributed by atoms with Crippen LogP contribution in [-0.2, 0) is 6.54 Å². The minimum Gasteiger partial charge on any atom is -0.497 e. The van der Waals surface area contributed by atoms with E-state index < -0.39 is 0 Å². The van der Waals surface area contributed by atoms with Crippen molar-refractivity contribution in [1.29, 1.82) is 0 Å². The van der Waals surface area contributed by atoms with Gasteiger partial charge in [-0.15, -0.1) is 0 Å². The van der Waals surface area contributed by atoms with E-state index in [2.05, 4.69) is 20.9 Å². The van der Waals surface area contributed by atoms with E-state index in [9.17, 15) is 5.11 Å². The number of aromatic nitrogens is 2. The molecule has 1 aliphatic rings. The summed E-state index contributed by atoms with van der Waals surface area (Å²) in [6.45, 7) is 1.34. The quantitative estimate of drug-likeness (QED) is 0.775. The molecule has 2 N–H and O–H groups in total. The Bertz CT molecular complexity index is 812. The number of likely N-dealkylation sites (tertiary alicyclic amines) is 1. The third-order valence-electron chi connectivity index (χ3n) is 4.65. The smallest absolute Gasteiger partial charge is 0.121 e. The summed E-state index contributed by atoms with van der Waals surface area (Å²) in [6, 6.07) is 16.3. The third kappa shape index (κ3) is 2.88. The van der Waals surface area contributed by atoms with Crippen LogP contribution in [0.3, 0.4) is 0 Å². The van der Waals surface area contributed by atoms with Gasteiger partial charge in [-0.05, 0) is 36.2 Å². The van der Waals surface area contributed by atoms with E-state index in [0.717, 1.165) is 29.0 Å². The summed E-state index contributed by atoms with van der Waals surface area (Å²) in [5.74, 6) is 1.77. The summed E-state index contributed by atoms with van der Waals surface area (Å²) < 4.78 is 5.34. The Hall–Kier alpha value is -2.37. The van der Waals surface area contributed by atoms with Crippen LogP contribution in [0.1, 0.15) is 23.9 Å². The number of ether oxygens (including phenoxy) is 1. The van der Waals surface area contributed by atoms with Crippen molar-refractivity contribution in [2.75, 3.05) is 13.7 Å². The number of imidazole rings is 1. The molecule has 2 unspecified atom stereocenters. The zero-order valence-corrected chi connectivity index (χ0v) is 13.6. The van der Waals surface area contributed by atoms with Gasteiger partial charge >= 0.3 is 0 Å². The average molecular weight is 323 g/mol. The highest BCUT2D eigenvalue weighted by molar-refractivity contribution is 5.74. The molecule has 2 heterocycles. The van der Waals surface area contributed by atoms with Gasteiger partial charge in [-0.25, -0.2) is 4.98 Å². The number of nitrogens with one attached hydrogen (secondary N) is 1. The van der Waals surface area contributed by atoms with Gasteiger partial charge < -0.3 is 14.8 Å². The summed E-state index contributed by atoms with van der Waals surface area (Å²) in [5, 5.41) is 10.2. The first-order valence-electron chi connectivity index (χ1n) is 8.22. The van der Waals surface area contributed by atoms with Crippen LogP contribution >= 0.6 is 0 Å². The molecule has 2 atom stereocenters. The summed E-state index contributed by atoms with van der Waals surface area (Å²) in [5.41, 5.74) is 3.19. The first kappa shape index (κ1) is 15.2. The molecule has 1 saturated heterocycles. The van der Waals surface area contributed by atoms with Crippen LogP contribution in [-0.4, -0.2) is 39.7 Å². The number of benzene rings is 2. The van der Waals surface area contributed by atoms with Crippen LogP contribution in [0.5, 0.6) is 5.75 Å². The number of aliphatic hydroxyl groups excluding tert-OH is 1. The first-order valence-corrected chi connectivity index (χ1v) is 8.22. The van der Waals surface area contributed by atoms with Gasteiger partial charge in [0.15, 0.2) is 0 Å². The van der Waals surface area contributed by atoms with Gasteiger partial charge in [0.25, 0.3) is 0 Å². The van der Waals surface area contributed by atoms with Gasteiger partial charge in [0.2, 0.25) is 0 Å². The zero-order chi connectivity index (χ0) is 16.5. The van der Waals surface area contributed by atoms with Gasteiger partial charge in [0.1, 0.15) is 11.6 Å². The van der Waals surface area contributed by atoms with Crippen molar-refractivity contribution in [2.24, 2.45) is 0 Å². The molecule has 0 radical (unpaired) electrons. The molecule has 3 aromatic rings. The number of aliphatic hydroxyl groups is 1. The molecule has 5 heteroatoms. The molecule has 0 aliphatic carbocycles. The van der Waals surface area contributed by atoms with Gasteiger partial charge in [-0.1, -0.05) is 24.3 Å². The monoisotopic (exact) mass is 323 g/mol. The number of aromatic amines is 1. The van der Waals surface area contributed by atoms with Crippen LogP contribution in [0.4, 0.5) is 0 Å². The Labute approximate surface area is 140 Å². The van der Waals surface area contributed by atoms with Crippen molar-refractivity contribution < 1.29 is 9.84 Å². The predicted molar refractivity (Wildman–Crippen MR) is 92.9 cm³/mol. The fourth-order valence-electron chi connectivity index (χ4n) is 3.52. The number of rotatable bonds is 4. The molecule has 4 rings (SSSR count). The van der Waals surface area contributed by atoms with E-state index in [1.54, 1.807) is 7.11 Å². The van der Waals surface area contributed by atoms with Crippen LogP contribution < -0.4 is 4.74 Å². The van der Waals surface area contributed by atoms with E-state index in [0.29, 0.717) is 13.1 Å². The second-order valence-electron chi connectivity index (χ2n) is 6.31. The maximum atomic E-state index is 10.2. The highest BCUT2D eigenvalue weighted by atomic mass is 16.5. The molecule has 1 fully saturated rings. The Kier molecular flexibility index (Phi) is 3.96. The lowest BCUT2D eigenvalue weighted by Crippen LogP contribution is -2.24. The fourth-order valence-corrected chi connectivity index (χ4v) is 3.52. The number of hydrogen-bond acceptors (Lipinski definition) is 4. The normalized spacial score (nSPS) is 21.4. The van der Waals surface area contributed by atoms with Gasteiger partial charge in [-0.2, -0.15) is 0 Å². The van der Waals surface area contributed by atoms with E-state index in [1.165, 1.54) is 5.56 Å². The molecule has 124 valence electrons. The Balaban J connectivity index is 1.60. The van der Waals surface area contributed by atoms with Crippen LogP contribution in [0, 0.1) is 0 Å². The lowest BCUT2D eigenvalue weighted by molar-refractivity contribution is 0.171. The van der Waals surface area contributed by atoms with Crippen molar-refractivity contribution in [3.63, 3.8) is 0 Å². The van der Waals surface area contributed by atoms with E-state index in [4.69, 9.17) is 4.74 Å². The SMILES string of the molecule is COc1cccc(C2CC(O)CN2Cc2nc3ccccc3[nH]2)c1. The first-order chi connectivity index (χ1) is 11.7. The van der Waals surface area contributed by atoms with Crippen LogP contribution in [0.15, 0.2) is 48.5 Å². The molecule has 1 aliphatic heterocycles. The third-order valence-corrected chi connectivity index (χ3v) is 4.65. The molecular formula is C19H21N3O2. The topological polar surface area (TPSA) is 61.4 Å². The molecule has 2 aromatic carbocycles. The zero-order valence-electron chi connectivity index (χ0n) is 13.6. The Morgan fingerprint density at radius 3 is 2.96 bits per heavy atom. The highest BCUT2D eigenvalue weighted by Crippen LogP contribution is 2.34. The van der Waals surface area contributed by atoms with Gasteiger partial charge in [0.05, 0.1) is 30.8 Å². The largest absolute Gasteiger partial charge is 0.497 e. The summed E-state index contributed by atoms with van der Waals surface area (Å²) in [6.07, 6.45) is 0.415. The minimum atomic E-state index is -0.314. The molecule has 0 spiro atoms. The standard InChI is InChI=1S/C19H21N3O2/c1-24-15-6-4-5-13(9-15)18-10-14(23)11-22(18)12-19-20-16-7-2-3-8-17(16)21-19/h2-9,14,18,23H,10-12H2,1H3,(H,20,21). The fraction of sp³-hybridized carbons (Fsp3) is 0.316. The molecule has 24 heavy (non-hydrogen) atoms. The molecule has 0 amide bonds. The van der Waals surface area contributed by atoms with Crippen molar-refractivity contribution in [3.05, 3.63) is 59.9 Å². The summed E-state index contributed by atoms with van der Waals surface area (Å²) >= 11 is 0. The number of para-hydroxylation sites is 2. The number of hydrogen-bond donors (Lipinski definition) is 2. The molecular weight excluding hydrogens is 302 g/mol. The molecule has 5 nitrogen and oxygen atoms in total. The van der Waals surface area contributed by atoms with Crippen LogP contribution in [0.25, 0.3) is 11.0 Å². The number of H-pyrrole nitrogens is 1. The second kappa shape index (κ2) is 6.26. The Morgan fingerprint density at radius 2 is 2.12 bits per heavy atom. The van der Waals surface area contributed by atoms with Crippen molar-refractivity contribution in [2.45, 2.75) is 25.1 Å². The van der Waals surface area contributed by atoms with Gasteiger partial charge in [-0.3, -0.25) is 4.90 Å². The van der Waals surface area contributed by atoms with Crippen molar-refractivity contribution >= 4 is 11.0 Å². The summed E-state index contributed by atoms with van der Waals surface area (Å²) in [4.78, 5) is 10.3. The number of fused-ring (bicyclic) bond motifs is 1. The van der Waals surface area contributed by atoms with Crippen molar-refractivity contribution in [3.8, 4) is 5.75 Å². The average Bonchev–Trinajstić information content (AvgIpc) is 3.17. The second-order valence-corrected chi connectivity index (χ2v) is 6.31. The van der Waals surface area contributed by atoms with Gasteiger partial charge in [0, 0.05) is 12.6 Å². The van der Waals surface area contributed by atoms with Crippen molar-refractivity contribution in [1.82, 2.24) is 14.9 Å². The maximum Gasteiger partial charge on any atom is 0.121 e. The minimum absolute atomic E-state index is 0.170. The maximum absolute atomic E-state index is 10.2. The molecule has 1 aromatic heterocycles.